The molecule has 0 radical (unpaired) electrons. The lowest BCUT2D eigenvalue weighted by Gasteiger charge is -2.13. The summed E-state index contributed by atoms with van der Waals surface area (Å²) in [6, 6.07) is 11.2. The zero-order valence-electron chi connectivity index (χ0n) is 11.6. The summed E-state index contributed by atoms with van der Waals surface area (Å²) < 4.78 is 10.4. The molecule has 2 aromatic rings. The molecule has 0 bridgehead atoms. The number of aromatic carboxylic acids is 1. The molecule has 20 heavy (non-hydrogen) atoms. The van der Waals surface area contributed by atoms with Crippen LogP contribution in [0.25, 0.3) is 11.1 Å². The molecule has 2 aromatic carbocycles. The van der Waals surface area contributed by atoms with Crippen molar-refractivity contribution in [3.8, 4) is 22.6 Å². The maximum atomic E-state index is 11.4. The van der Waals surface area contributed by atoms with Gasteiger partial charge in [0.1, 0.15) is 5.56 Å². The number of carboxylic acid groups (broad SMARTS) is 1. The fourth-order valence-electron chi connectivity index (χ4n) is 2.11. The van der Waals surface area contributed by atoms with Crippen molar-refractivity contribution >= 4 is 5.97 Å². The Morgan fingerprint density at radius 1 is 1.05 bits per heavy atom. The number of methoxy groups -OCH3 is 2. The predicted molar refractivity (Wildman–Crippen MR) is 76.7 cm³/mol. The van der Waals surface area contributed by atoms with Gasteiger partial charge in [0.05, 0.1) is 14.2 Å². The fourth-order valence-corrected chi connectivity index (χ4v) is 2.11. The highest BCUT2D eigenvalue weighted by Gasteiger charge is 2.18. The Kier molecular flexibility index (Phi) is 3.94. The van der Waals surface area contributed by atoms with Gasteiger partial charge in [0.15, 0.2) is 11.5 Å². The first-order chi connectivity index (χ1) is 9.56. The van der Waals surface area contributed by atoms with Crippen molar-refractivity contribution in [2.24, 2.45) is 0 Å². The molecule has 0 heterocycles. The van der Waals surface area contributed by atoms with Crippen LogP contribution in [0.4, 0.5) is 0 Å². The number of rotatable bonds is 4. The molecule has 0 saturated heterocycles. The third kappa shape index (κ3) is 2.59. The summed E-state index contributed by atoms with van der Waals surface area (Å²) in [6.07, 6.45) is 0. The summed E-state index contributed by atoms with van der Waals surface area (Å²) in [5.41, 5.74) is 2.91. The molecule has 0 aliphatic carbocycles. The minimum absolute atomic E-state index is 0.0864. The SMILES string of the molecule is COc1cc(-c2cccc(C)c2)cc(C(=O)O)c1OC. The molecule has 0 spiro atoms. The first kappa shape index (κ1) is 13.9. The zero-order chi connectivity index (χ0) is 14.7. The summed E-state index contributed by atoms with van der Waals surface area (Å²) in [4.78, 5) is 11.4. The molecular formula is C16H16O4. The summed E-state index contributed by atoms with van der Waals surface area (Å²) >= 11 is 0. The van der Waals surface area contributed by atoms with Crippen molar-refractivity contribution in [2.45, 2.75) is 6.92 Å². The second kappa shape index (κ2) is 5.65. The fraction of sp³-hybridized carbons (Fsp3) is 0.188. The van der Waals surface area contributed by atoms with E-state index in [1.165, 1.54) is 14.2 Å². The summed E-state index contributed by atoms with van der Waals surface area (Å²) in [5, 5.41) is 9.31. The van der Waals surface area contributed by atoms with Gasteiger partial charge in [0, 0.05) is 0 Å². The van der Waals surface area contributed by atoms with E-state index in [-0.39, 0.29) is 11.3 Å². The third-order valence-corrected chi connectivity index (χ3v) is 3.06. The van der Waals surface area contributed by atoms with Crippen LogP contribution in [-0.4, -0.2) is 25.3 Å². The minimum Gasteiger partial charge on any atom is -0.493 e. The van der Waals surface area contributed by atoms with E-state index in [2.05, 4.69) is 0 Å². The monoisotopic (exact) mass is 272 g/mol. The molecular weight excluding hydrogens is 256 g/mol. The quantitative estimate of drug-likeness (QED) is 0.927. The average Bonchev–Trinajstić information content (AvgIpc) is 2.45. The zero-order valence-corrected chi connectivity index (χ0v) is 11.6. The van der Waals surface area contributed by atoms with Crippen LogP contribution in [0.1, 0.15) is 15.9 Å². The number of aryl methyl sites for hydroxylation is 1. The Morgan fingerprint density at radius 3 is 2.35 bits per heavy atom. The Balaban J connectivity index is 2.66. The van der Waals surface area contributed by atoms with Crippen LogP contribution in [0.3, 0.4) is 0 Å². The van der Waals surface area contributed by atoms with Gasteiger partial charge in [-0.25, -0.2) is 4.79 Å². The molecule has 0 fully saturated rings. The van der Waals surface area contributed by atoms with E-state index in [4.69, 9.17) is 9.47 Å². The average molecular weight is 272 g/mol. The number of carbonyl (C=O) groups is 1. The second-order valence-electron chi connectivity index (χ2n) is 4.43. The number of hydrogen-bond donors (Lipinski definition) is 1. The molecule has 0 amide bonds. The van der Waals surface area contributed by atoms with Crippen LogP contribution in [0.2, 0.25) is 0 Å². The Morgan fingerprint density at radius 2 is 1.80 bits per heavy atom. The molecule has 4 heteroatoms. The lowest BCUT2D eigenvalue weighted by Crippen LogP contribution is -2.03. The molecule has 1 N–H and O–H groups in total. The summed E-state index contributed by atoms with van der Waals surface area (Å²) in [7, 11) is 2.92. The number of ether oxygens (including phenoxy) is 2. The highest BCUT2D eigenvalue weighted by Crippen LogP contribution is 2.36. The van der Waals surface area contributed by atoms with Crippen molar-refractivity contribution < 1.29 is 19.4 Å². The van der Waals surface area contributed by atoms with E-state index < -0.39 is 5.97 Å². The van der Waals surface area contributed by atoms with Crippen molar-refractivity contribution in [3.05, 3.63) is 47.5 Å². The molecule has 0 saturated carbocycles. The van der Waals surface area contributed by atoms with E-state index in [0.29, 0.717) is 5.75 Å². The Bertz CT molecular complexity index is 647. The largest absolute Gasteiger partial charge is 0.493 e. The van der Waals surface area contributed by atoms with Gasteiger partial charge in [0.2, 0.25) is 0 Å². The Hall–Kier alpha value is -2.49. The van der Waals surface area contributed by atoms with E-state index in [1.807, 2.05) is 31.2 Å². The van der Waals surface area contributed by atoms with E-state index >= 15 is 0 Å². The predicted octanol–water partition coefficient (Wildman–Crippen LogP) is 3.38. The summed E-state index contributed by atoms with van der Waals surface area (Å²) in [5.74, 6) is -0.407. The topological polar surface area (TPSA) is 55.8 Å². The van der Waals surface area contributed by atoms with Crippen molar-refractivity contribution in [3.63, 3.8) is 0 Å². The normalized spacial score (nSPS) is 10.2. The van der Waals surface area contributed by atoms with Gasteiger partial charge >= 0.3 is 5.97 Å². The maximum Gasteiger partial charge on any atom is 0.339 e. The molecule has 0 atom stereocenters. The van der Waals surface area contributed by atoms with Crippen LogP contribution >= 0.6 is 0 Å². The van der Waals surface area contributed by atoms with Gasteiger partial charge in [-0.3, -0.25) is 0 Å². The lowest BCUT2D eigenvalue weighted by atomic mass is 10.00. The van der Waals surface area contributed by atoms with Crippen molar-refractivity contribution in [1.29, 1.82) is 0 Å². The van der Waals surface area contributed by atoms with Crippen molar-refractivity contribution in [1.82, 2.24) is 0 Å². The minimum atomic E-state index is -1.05. The highest BCUT2D eigenvalue weighted by atomic mass is 16.5. The van der Waals surface area contributed by atoms with E-state index in [1.54, 1.807) is 12.1 Å². The standard InChI is InChI=1S/C16H16O4/c1-10-5-4-6-11(7-10)12-8-13(16(17)18)15(20-3)14(9-12)19-2/h4-9H,1-3H3,(H,17,18). The smallest absolute Gasteiger partial charge is 0.339 e. The molecule has 0 aliphatic heterocycles. The van der Waals surface area contributed by atoms with Crippen LogP contribution < -0.4 is 9.47 Å². The molecule has 0 aliphatic rings. The summed E-state index contributed by atoms with van der Waals surface area (Å²) in [6.45, 7) is 1.99. The highest BCUT2D eigenvalue weighted by molar-refractivity contribution is 5.94. The van der Waals surface area contributed by atoms with Crippen molar-refractivity contribution in [2.75, 3.05) is 14.2 Å². The first-order valence-electron chi connectivity index (χ1n) is 6.13. The van der Waals surface area contributed by atoms with Gasteiger partial charge < -0.3 is 14.6 Å². The molecule has 0 aromatic heterocycles. The van der Waals surface area contributed by atoms with Gasteiger partial charge in [-0.2, -0.15) is 0 Å². The first-order valence-corrected chi connectivity index (χ1v) is 6.13. The van der Waals surface area contributed by atoms with E-state index in [0.717, 1.165) is 16.7 Å². The number of benzene rings is 2. The second-order valence-corrected chi connectivity index (χ2v) is 4.43. The van der Waals surface area contributed by atoms with Crippen LogP contribution in [-0.2, 0) is 0 Å². The van der Waals surface area contributed by atoms with Crippen LogP contribution in [0.5, 0.6) is 11.5 Å². The van der Waals surface area contributed by atoms with Gasteiger partial charge in [0.25, 0.3) is 0 Å². The van der Waals surface area contributed by atoms with Crippen LogP contribution in [0, 0.1) is 6.92 Å². The third-order valence-electron chi connectivity index (χ3n) is 3.06. The number of carboxylic acids is 1. The van der Waals surface area contributed by atoms with E-state index in [9.17, 15) is 9.90 Å². The lowest BCUT2D eigenvalue weighted by molar-refractivity contribution is 0.0692. The Labute approximate surface area is 117 Å². The van der Waals surface area contributed by atoms with Gasteiger partial charge in [-0.15, -0.1) is 0 Å². The molecule has 0 unspecified atom stereocenters. The van der Waals surface area contributed by atoms with Crippen LogP contribution in [0.15, 0.2) is 36.4 Å². The van der Waals surface area contributed by atoms with Gasteiger partial charge in [-0.1, -0.05) is 29.8 Å². The maximum absolute atomic E-state index is 11.4. The van der Waals surface area contributed by atoms with Gasteiger partial charge in [-0.05, 0) is 30.2 Å². The molecule has 2 rings (SSSR count). The number of hydrogen-bond acceptors (Lipinski definition) is 3. The molecule has 104 valence electrons. The molecule has 4 nitrogen and oxygen atoms in total.